The van der Waals surface area contributed by atoms with Crippen LogP contribution in [0.3, 0.4) is 0 Å². The number of aryl methyl sites for hydroxylation is 1. The molecule has 0 saturated carbocycles. The molecule has 2 rings (SSSR count). The summed E-state index contributed by atoms with van der Waals surface area (Å²) in [5, 5.41) is 11.8. The van der Waals surface area contributed by atoms with Gasteiger partial charge in [0.1, 0.15) is 0 Å². The SMILES string of the molecule is CCOC(=O)c1cc(C(=O)N[C@@H](C)CO)cc(-c2ccc(C)cc2)c1. The van der Waals surface area contributed by atoms with Crippen LogP contribution in [0.25, 0.3) is 11.1 Å². The molecule has 0 spiro atoms. The summed E-state index contributed by atoms with van der Waals surface area (Å²) in [7, 11) is 0. The molecule has 0 bridgehead atoms. The van der Waals surface area contributed by atoms with E-state index in [2.05, 4.69) is 5.32 Å². The quantitative estimate of drug-likeness (QED) is 0.792. The van der Waals surface area contributed by atoms with Gasteiger partial charge in [-0.25, -0.2) is 4.79 Å². The van der Waals surface area contributed by atoms with Crippen molar-refractivity contribution in [1.29, 1.82) is 0 Å². The van der Waals surface area contributed by atoms with E-state index in [4.69, 9.17) is 9.84 Å². The molecule has 0 heterocycles. The maximum Gasteiger partial charge on any atom is 0.338 e. The molecule has 2 N–H and O–H groups in total. The van der Waals surface area contributed by atoms with E-state index in [1.807, 2.05) is 31.2 Å². The summed E-state index contributed by atoms with van der Waals surface area (Å²) >= 11 is 0. The summed E-state index contributed by atoms with van der Waals surface area (Å²) in [4.78, 5) is 24.6. The molecular formula is C20H23NO4. The van der Waals surface area contributed by atoms with Gasteiger partial charge >= 0.3 is 5.97 Å². The zero-order valence-electron chi connectivity index (χ0n) is 14.7. The van der Waals surface area contributed by atoms with Crippen molar-refractivity contribution >= 4 is 11.9 Å². The molecule has 1 amide bonds. The third kappa shape index (κ3) is 4.90. The fourth-order valence-electron chi connectivity index (χ4n) is 2.36. The monoisotopic (exact) mass is 341 g/mol. The predicted octanol–water partition coefficient (Wildman–Crippen LogP) is 2.95. The van der Waals surface area contributed by atoms with E-state index in [0.717, 1.165) is 16.7 Å². The van der Waals surface area contributed by atoms with Crippen molar-refractivity contribution in [3.8, 4) is 11.1 Å². The molecule has 1 atom stereocenters. The first kappa shape index (κ1) is 18.7. The van der Waals surface area contributed by atoms with Gasteiger partial charge in [0.05, 0.1) is 18.8 Å². The molecule has 0 unspecified atom stereocenters. The van der Waals surface area contributed by atoms with Crippen molar-refractivity contribution in [2.45, 2.75) is 26.8 Å². The second-order valence-corrected chi connectivity index (χ2v) is 5.94. The molecule has 0 aromatic heterocycles. The Balaban J connectivity index is 2.46. The molecule has 0 aliphatic carbocycles. The van der Waals surface area contributed by atoms with Crippen LogP contribution < -0.4 is 5.32 Å². The number of rotatable bonds is 6. The zero-order valence-corrected chi connectivity index (χ0v) is 14.7. The molecule has 0 aliphatic rings. The van der Waals surface area contributed by atoms with Gasteiger partial charge in [-0.3, -0.25) is 4.79 Å². The van der Waals surface area contributed by atoms with Crippen LogP contribution in [0.15, 0.2) is 42.5 Å². The van der Waals surface area contributed by atoms with Gasteiger partial charge in [-0.2, -0.15) is 0 Å². The van der Waals surface area contributed by atoms with E-state index >= 15 is 0 Å². The highest BCUT2D eigenvalue weighted by atomic mass is 16.5. The van der Waals surface area contributed by atoms with Crippen LogP contribution in [0.1, 0.15) is 40.1 Å². The number of benzene rings is 2. The number of nitrogens with one attached hydrogen (secondary N) is 1. The molecule has 0 fully saturated rings. The Morgan fingerprint density at radius 1 is 1.08 bits per heavy atom. The Morgan fingerprint density at radius 3 is 2.32 bits per heavy atom. The molecule has 0 radical (unpaired) electrons. The van der Waals surface area contributed by atoms with Crippen LogP contribution in [0.5, 0.6) is 0 Å². The number of aliphatic hydroxyl groups excluding tert-OH is 1. The predicted molar refractivity (Wildman–Crippen MR) is 96.6 cm³/mol. The zero-order chi connectivity index (χ0) is 18.4. The summed E-state index contributed by atoms with van der Waals surface area (Å²) in [5.74, 6) is -0.818. The van der Waals surface area contributed by atoms with Gasteiger partial charge in [-0.1, -0.05) is 29.8 Å². The lowest BCUT2D eigenvalue weighted by molar-refractivity contribution is 0.0526. The molecule has 0 aliphatic heterocycles. The van der Waals surface area contributed by atoms with Crippen LogP contribution in [0, 0.1) is 6.92 Å². The maximum absolute atomic E-state index is 12.4. The highest BCUT2D eigenvalue weighted by molar-refractivity contribution is 6.00. The number of amides is 1. The molecule has 25 heavy (non-hydrogen) atoms. The summed E-state index contributed by atoms with van der Waals surface area (Å²) in [6.07, 6.45) is 0. The molecule has 5 heteroatoms. The summed E-state index contributed by atoms with van der Waals surface area (Å²) in [6, 6.07) is 12.4. The van der Waals surface area contributed by atoms with E-state index in [1.54, 1.807) is 26.0 Å². The van der Waals surface area contributed by atoms with Gasteiger partial charge < -0.3 is 15.2 Å². The lowest BCUT2D eigenvalue weighted by Gasteiger charge is -2.13. The Labute approximate surface area is 147 Å². The van der Waals surface area contributed by atoms with Crippen LogP contribution >= 0.6 is 0 Å². The van der Waals surface area contributed by atoms with Crippen molar-refractivity contribution in [3.63, 3.8) is 0 Å². The Hall–Kier alpha value is -2.66. The molecule has 132 valence electrons. The largest absolute Gasteiger partial charge is 0.462 e. The highest BCUT2D eigenvalue weighted by Crippen LogP contribution is 2.24. The van der Waals surface area contributed by atoms with Crippen LogP contribution in [0.4, 0.5) is 0 Å². The topological polar surface area (TPSA) is 75.6 Å². The molecule has 2 aromatic carbocycles. The third-order valence-electron chi connectivity index (χ3n) is 3.74. The minimum absolute atomic E-state index is 0.159. The third-order valence-corrected chi connectivity index (χ3v) is 3.74. The van der Waals surface area contributed by atoms with E-state index in [-0.39, 0.29) is 25.2 Å². The number of hydrogen-bond donors (Lipinski definition) is 2. The minimum Gasteiger partial charge on any atom is -0.462 e. The van der Waals surface area contributed by atoms with Gasteiger partial charge in [0.15, 0.2) is 0 Å². The number of carbonyl (C=O) groups is 2. The number of aliphatic hydroxyl groups is 1. The number of esters is 1. The van der Waals surface area contributed by atoms with Crippen molar-refractivity contribution in [2.24, 2.45) is 0 Å². The standard InChI is InChI=1S/C20H23NO4/c1-4-25-20(24)18-10-16(15-7-5-13(2)6-8-15)9-17(11-18)19(23)21-14(3)12-22/h5-11,14,22H,4,12H2,1-3H3,(H,21,23)/t14-/m0/s1. The molecule has 0 saturated heterocycles. The lowest BCUT2D eigenvalue weighted by atomic mass is 9.98. The first-order valence-electron chi connectivity index (χ1n) is 8.25. The summed E-state index contributed by atoms with van der Waals surface area (Å²) in [5.41, 5.74) is 3.46. The highest BCUT2D eigenvalue weighted by Gasteiger charge is 2.16. The Bertz CT molecular complexity index is 753. The molecule has 5 nitrogen and oxygen atoms in total. The number of carbonyl (C=O) groups excluding carboxylic acids is 2. The van der Waals surface area contributed by atoms with Gasteiger partial charge in [0.25, 0.3) is 5.91 Å². The average molecular weight is 341 g/mol. The van der Waals surface area contributed by atoms with Gasteiger partial charge in [-0.15, -0.1) is 0 Å². The van der Waals surface area contributed by atoms with Crippen LogP contribution in [-0.2, 0) is 4.74 Å². The molecular weight excluding hydrogens is 318 g/mol. The second-order valence-electron chi connectivity index (χ2n) is 5.94. The molecule has 2 aromatic rings. The lowest BCUT2D eigenvalue weighted by Crippen LogP contribution is -2.35. The van der Waals surface area contributed by atoms with Crippen LogP contribution in [-0.4, -0.2) is 36.2 Å². The first-order chi connectivity index (χ1) is 11.9. The van der Waals surface area contributed by atoms with Gasteiger partial charge in [-0.05, 0) is 50.1 Å². The average Bonchev–Trinajstić information content (AvgIpc) is 2.62. The van der Waals surface area contributed by atoms with Gasteiger partial charge in [0, 0.05) is 11.6 Å². The fraction of sp³-hybridized carbons (Fsp3) is 0.300. The van der Waals surface area contributed by atoms with E-state index < -0.39 is 5.97 Å². The van der Waals surface area contributed by atoms with E-state index in [9.17, 15) is 9.59 Å². The summed E-state index contributed by atoms with van der Waals surface area (Å²) < 4.78 is 5.06. The van der Waals surface area contributed by atoms with Crippen molar-refractivity contribution in [3.05, 3.63) is 59.2 Å². The van der Waals surface area contributed by atoms with Gasteiger partial charge in [0.2, 0.25) is 0 Å². The summed E-state index contributed by atoms with van der Waals surface area (Å²) in [6.45, 7) is 5.53. The minimum atomic E-state index is -0.472. The van der Waals surface area contributed by atoms with Crippen molar-refractivity contribution in [2.75, 3.05) is 13.2 Å². The first-order valence-corrected chi connectivity index (χ1v) is 8.25. The number of ether oxygens (including phenoxy) is 1. The Kier molecular flexibility index (Phi) is 6.31. The Morgan fingerprint density at radius 2 is 1.72 bits per heavy atom. The normalized spacial score (nSPS) is 11.7. The second kappa shape index (κ2) is 8.44. The van der Waals surface area contributed by atoms with E-state index in [1.165, 1.54) is 6.07 Å². The maximum atomic E-state index is 12.4. The van der Waals surface area contributed by atoms with Crippen LogP contribution in [0.2, 0.25) is 0 Å². The van der Waals surface area contributed by atoms with E-state index in [0.29, 0.717) is 11.1 Å². The number of hydrogen-bond acceptors (Lipinski definition) is 4. The smallest absolute Gasteiger partial charge is 0.338 e. The fourth-order valence-corrected chi connectivity index (χ4v) is 2.36. The van der Waals surface area contributed by atoms with Crippen molar-refractivity contribution < 1.29 is 19.4 Å². The van der Waals surface area contributed by atoms with Crippen molar-refractivity contribution in [1.82, 2.24) is 5.32 Å².